The van der Waals surface area contributed by atoms with E-state index in [1.165, 1.54) is 0 Å². The number of carbonyl (C=O) groups excluding carboxylic acids is 1. The van der Waals surface area contributed by atoms with Crippen molar-refractivity contribution in [3.8, 4) is 0 Å². The molecule has 3 rings (SSSR count). The Balaban J connectivity index is 1.84. The molecule has 0 aromatic carbocycles. The van der Waals surface area contributed by atoms with Crippen LogP contribution in [0.2, 0.25) is 0 Å². The highest BCUT2D eigenvalue weighted by Crippen LogP contribution is 2.58. The summed E-state index contributed by atoms with van der Waals surface area (Å²) in [5.74, 6) is 0.982. The Hall–Kier alpha value is -0.610. The van der Waals surface area contributed by atoms with Gasteiger partial charge in [0.2, 0.25) is 5.91 Å². The largest absolute Gasteiger partial charge is 0.377 e. The van der Waals surface area contributed by atoms with Gasteiger partial charge >= 0.3 is 0 Å². The minimum absolute atomic E-state index is 0.156. The van der Waals surface area contributed by atoms with E-state index in [0.29, 0.717) is 5.92 Å². The van der Waals surface area contributed by atoms with Crippen molar-refractivity contribution in [2.45, 2.75) is 45.3 Å². The normalized spacial score (nSPS) is 45.8. The van der Waals surface area contributed by atoms with E-state index in [1.807, 2.05) is 4.90 Å². The molecule has 2 saturated heterocycles. The van der Waals surface area contributed by atoms with E-state index in [-0.39, 0.29) is 23.3 Å². The zero-order valence-corrected chi connectivity index (χ0v) is 11.6. The standard InChI is InChI=1S/C14H24N2O2/c1-9-4-6-16(8-9)12(17)14(15)10-5-7-18-11(10)13(14,2)3/h9-11H,4-8,15H2,1-3H3. The number of likely N-dealkylation sites (tertiary alicyclic amines) is 1. The predicted molar refractivity (Wildman–Crippen MR) is 68.9 cm³/mol. The van der Waals surface area contributed by atoms with E-state index in [4.69, 9.17) is 10.5 Å². The van der Waals surface area contributed by atoms with E-state index in [2.05, 4.69) is 20.8 Å². The minimum atomic E-state index is -0.710. The van der Waals surface area contributed by atoms with Gasteiger partial charge in [-0.3, -0.25) is 4.79 Å². The average Bonchev–Trinajstić information content (AvgIpc) is 2.94. The van der Waals surface area contributed by atoms with Crippen LogP contribution in [0.15, 0.2) is 0 Å². The molecular formula is C14H24N2O2. The van der Waals surface area contributed by atoms with Crippen LogP contribution < -0.4 is 5.73 Å². The lowest BCUT2D eigenvalue weighted by atomic mass is 9.47. The van der Waals surface area contributed by atoms with E-state index in [1.54, 1.807) is 0 Å². The van der Waals surface area contributed by atoms with Gasteiger partial charge < -0.3 is 15.4 Å². The molecule has 102 valence electrons. The summed E-state index contributed by atoms with van der Waals surface area (Å²) in [4.78, 5) is 14.8. The first-order valence-electron chi connectivity index (χ1n) is 7.09. The van der Waals surface area contributed by atoms with E-state index in [9.17, 15) is 4.79 Å². The second-order valence-corrected chi connectivity index (χ2v) is 6.92. The second kappa shape index (κ2) is 3.70. The number of ether oxygens (including phenoxy) is 1. The quantitative estimate of drug-likeness (QED) is 0.757. The Labute approximate surface area is 109 Å². The fraction of sp³-hybridized carbons (Fsp3) is 0.929. The third-order valence-corrected chi connectivity index (χ3v) is 5.52. The number of rotatable bonds is 1. The zero-order chi connectivity index (χ0) is 13.1. The van der Waals surface area contributed by atoms with Crippen LogP contribution in [0.25, 0.3) is 0 Å². The number of amides is 1. The van der Waals surface area contributed by atoms with Gasteiger partial charge in [0.15, 0.2) is 0 Å². The lowest BCUT2D eigenvalue weighted by molar-refractivity contribution is -0.183. The number of hydrogen-bond donors (Lipinski definition) is 1. The SMILES string of the molecule is CC1CCN(C(=O)C2(N)C3CCOC3C2(C)C)C1. The molecule has 4 nitrogen and oxygen atoms in total. The summed E-state index contributed by atoms with van der Waals surface area (Å²) in [7, 11) is 0. The molecular weight excluding hydrogens is 228 g/mol. The van der Waals surface area contributed by atoms with Gasteiger partial charge in [-0.2, -0.15) is 0 Å². The van der Waals surface area contributed by atoms with Gasteiger partial charge in [0.05, 0.1) is 6.10 Å². The summed E-state index contributed by atoms with van der Waals surface area (Å²) in [6.07, 6.45) is 2.21. The molecule has 3 aliphatic rings. The molecule has 4 heteroatoms. The van der Waals surface area contributed by atoms with Gasteiger partial charge in [-0.25, -0.2) is 0 Å². The summed E-state index contributed by atoms with van der Waals surface area (Å²) < 4.78 is 5.75. The van der Waals surface area contributed by atoms with Crippen molar-refractivity contribution in [3.63, 3.8) is 0 Å². The maximum absolute atomic E-state index is 12.8. The topological polar surface area (TPSA) is 55.6 Å². The number of nitrogens with two attached hydrogens (primary N) is 1. The highest BCUT2D eigenvalue weighted by atomic mass is 16.5. The molecule has 0 bridgehead atoms. The molecule has 3 fully saturated rings. The highest BCUT2D eigenvalue weighted by molar-refractivity contribution is 5.89. The Kier molecular flexibility index (Phi) is 2.55. The van der Waals surface area contributed by atoms with Crippen molar-refractivity contribution in [1.82, 2.24) is 4.90 Å². The molecule has 1 saturated carbocycles. The lowest BCUT2D eigenvalue weighted by Crippen LogP contribution is -2.80. The van der Waals surface area contributed by atoms with E-state index < -0.39 is 5.54 Å². The van der Waals surface area contributed by atoms with Crippen LogP contribution in [0, 0.1) is 17.3 Å². The number of hydrogen-bond acceptors (Lipinski definition) is 3. The minimum Gasteiger partial charge on any atom is -0.377 e. The van der Waals surface area contributed by atoms with Gasteiger partial charge in [0, 0.05) is 31.0 Å². The number of fused-ring (bicyclic) bond motifs is 1. The average molecular weight is 252 g/mol. The first kappa shape index (κ1) is 12.4. The molecule has 0 radical (unpaired) electrons. The van der Waals surface area contributed by atoms with Crippen molar-refractivity contribution in [2.75, 3.05) is 19.7 Å². The predicted octanol–water partition coefficient (Wildman–Crippen LogP) is 0.997. The molecule has 2 N–H and O–H groups in total. The molecule has 4 unspecified atom stereocenters. The number of nitrogens with zero attached hydrogens (tertiary/aromatic N) is 1. The Morgan fingerprint density at radius 2 is 2.11 bits per heavy atom. The maximum atomic E-state index is 12.8. The van der Waals surface area contributed by atoms with E-state index >= 15 is 0 Å². The molecule has 2 heterocycles. The Morgan fingerprint density at radius 1 is 1.39 bits per heavy atom. The van der Waals surface area contributed by atoms with Crippen LogP contribution in [-0.2, 0) is 9.53 Å². The van der Waals surface area contributed by atoms with Crippen LogP contribution in [0.4, 0.5) is 0 Å². The van der Waals surface area contributed by atoms with Crippen molar-refractivity contribution in [2.24, 2.45) is 23.0 Å². The third kappa shape index (κ3) is 1.31. The molecule has 0 spiro atoms. The van der Waals surface area contributed by atoms with Crippen LogP contribution in [0.5, 0.6) is 0 Å². The fourth-order valence-corrected chi connectivity index (χ4v) is 4.20. The van der Waals surface area contributed by atoms with Gasteiger partial charge in [-0.15, -0.1) is 0 Å². The van der Waals surface area contributed by atoms with Crippen LogP contribution in [-0.4, -0.2) is 42.1 Å². The first-order valence-corrected chi connectivity index (χ1v) is 7.09. The van der Waals surface area contributed by atoms with Crippen LogP contribution in [0.1, 0.15) is 33.6 Å². The smallest absolute Gasteiger partial charge is 0.243 e. The Morgan fingerprint density at radius 3 is 2.72 bits per heavy atom. The van der Waals surface area contributed by atoms with Crippen molar-refractivity contribution in [3.05, 3.63) is 0 Å². The maximum Gasteiger partial charge on any atom is 0.243 e. The first-order chi connectivity index (χ1) is 8.39. The molecule has 0 aromatic heterocycles. The molecule has 4 atom stereocenters. The summed E-state index contributed by atoms with van der Waals surface area (Å²) in [5, 5.41) is 0. The van der Waals surface area contributed by atoms with Gasteiger partial charge in [0.1, 0.15) is 5.54 Å². The molecule has 2 aliphatic heterocycles. The third-order valence-electron chi connectivity index (χ3n) is 5.52. The summed E-state index contributed by atoms with van der Waals surface area (Å²) >= 11 is 0. The zero-order valence-electron chi connectivity index (χ0n) is 11.6. The summed E-state index contributed by atoms with van der Waals surface area (Å²) in [6, 6.07) is 0. The van der Waals surface area contributed by atoms with E-state index in [0.717, 1.165) is 32.5 Å². The number of carbonyl (C=O) groups is 1. The van der Waals surface area contributed by atoms with Gasteiger partial charge in [0.25, 0.3) is 0 Å². The molecule has 18 heavy (non-hydrogen) atoms. The van der Waals surface area contributed by atoms with Crippen molar-refractivity contribution < 1.29 is 9.53 Å². The summed E-state index contributed by atoms with van der Waals surface area (Å²) in [5.41, 5.74) is 5.61. The second-order valence-electron chi connectivity index (χ2n) is 6.92. The van der Waals surface area contributed by atoms with Gasteiger partial charge in [-0.1, -0.05) is 20.8 Å². The molecule has 0 aromatic rings. The Bertz CT molecular complexity index is 382. The van der Waals surface area contributed by atoms with Gasteiger partial charge in [-0.05, 0) is 18.8 Å². The monoisotopic (exact) mass is 252 g/mol. The van der Waals surface area contributed by atoms with Crippen LogP contribution in [0.3, 0.4) is 0 Å². The molecule has 1 amide bonds. The summed E-state index contributed by atoms with van der Waals surface area (Å²) in [6.45, 7) is 8.85. The molecule has 1 aliphatic carbocycles. The van der Waals surface area contributed by atoms with Crippen molar-refractivity contribution >= 4 is 5.91 Å². The lowest BCUT2D eigenvalue weighted by Gasteiger charge is -2.61. The van der Waals surface area contributed by atoms with Crippen LogP contribution >= 0.6 is 0 Å². The fourth-order valence-electron chi connectivity index (χ4n) is 4.20. The highest BCUT2D eigenvalue weighted by Gasteiger charge is 2.72. The van der Waals surface area contributed by atoms with Crippen molar-refractivity contribution in [1.29, 1.82) is 0 Å².